The zero-order valence-electron chi connectivity index (χ0n) is 10.5. The minimum atomic E-state index is -2.80. The highest BCUT2D eigenvalue weighted by Crippen LogP contribution is 2.17. The van der Waals surface area contributed by atoms with Gasteiger partial charge in [0.2, 0.25) is 0 Å². The second-order valence-corrected chi connectivity index (χ2v) is 7.29. The topological polar surface area (TPSA) is 46.5 Å². The fraction of sp³-hybridized carbons (Fsp3) is 0.0714. The van der Waals surface area contributed by atoms with Gasteiger partial charge in [-0.15, -0.1) is 0 Å². The third-order valence-corrected chi connectivity index (χ3v) is 4.76. The van der Waals surface area contributed by atoms with E-state index in [4.69, 9.17) is 23.2 Å². The van der Waals surface area contributed by atoms with Crippen molar-refractivity contribution in [1.82, 2.24) is 0 Å². The van der Waals surface area contributed by atoms with Crippen molar-refractivity contribution in [3.8, 4) is 0 Å². The molecule has 6 heteroatoms. The van der Waals surface area contributed by atoms with Gasteiger partial charge in [-0.1, -0.05) is 23.2 Å². The summed E-state index contributed by atoms with van der Waals surface area (Å²) in [5, 5.41) is 1.06. The highest BCUT2D eigenvalue weighted by Gasteiger charge is 2.11. The van der Waals surface area contributed by atoms with Crippen LogP contribution in [0.4, 0.5) is 0 Å². The summed E-state index contributed by atoms with van der Waals surface area (Å²) in [4.78, 5) is 12.5. The molecule has 1 atom stereocenters. The Kier molecular flexibility index (Phi) is 4.48. The van der Waals surface area contributed by atoms with E-state index < -0.39 is 15.6 Å². The van der Waals surface area contributed by atoms with Gasteiger partial charge in [0.15, 0.2) is 0 Å². The molecule has 0 fully saturated rings. The van der Waals surface area contributed by atoms with Crippen LogP contribution < -0.4 is 0 Å². The fourth-order valence-corrected chi connectivity index (χ4v) is 2.96. The van der Waals surface area contributed by atoms with E-state index in [9.17, 15) is 9.00 Å². The van der Waals surface area contributed by atoms with Crippen LogP contribution in [0.15, 0.2) is 57.8 Å². The number of carbonyl (C=O) groups is 1. The summed E-state index contributed by atoms with van der Waals surface area (Å²) in [5.41, 5.74) is 0.345. The molecule has 0 saturated heterocycles. The summed E-state index contributed by atoms with van der Waals surface area (Å²) < 4.78 is 16.3. The Labute approximate surface area is 127 Å². The smallest absolute Gasteiger partial charge is 0.266 e. The van der Waals surface area contributed by atoms with E-state index in [-0.39, 0.29) is 0 Å². The van der Waals surface area contributed by atoms with Crippen LogP contribution >= 0.6 is 23.2 Å². The Balaban J connectivity index is 2.37. The number of nitrogens with zero attached hydrogens (tertiary/aromatic N) is 1. The van der Waals surface area contributed by atoms with Crippen LogP contribution in [0, 0.1) is 0 Å². The lowest BCUT2D eigenvalue weighted by Crippen LogP contribution is -2.03. The first kappa shape index (κ1) is 15.0. The van der Waals surface area contributed by atoms with Gasteiger partial charge < -0.3 is 0 Å². The molecule has 0 aliphatic heterocycles. The van der Waals surface area contributed by atoms with Crippen molar-refractivity contribution in [2.45, 2.75) is 4.90 Å². The fourth-order valence-electron chi connectivity index (χ4n) is 1.54. The quantitative estimate of drug-likeness (QED) is 0.825. The number of amides is 1. The molecule has 0 heterocycles. The van der Waals surface area contributed by atoms with Crippen molar-refractivity contribution in [3.05, 3.63) is 64.1 Å². The van der Waals surface area contributed by atoms with E-state index in [1.165, 1.54) is 6.26 Å². The van der Waals surface area contributed by atoms with Crippen molar-refractivity contribution in [1.29, 1.82) is 0 Å². The molecule has 0 unspecified atom stereocenters. The Morgan fingerprint density at radius 2 is 1.40 bits per heavy atom. The van der Waals surface area contributed by atoms with Crippen LogP contribution in [-0.4, -0.2) is 16.4 Å². The minimum Gasteiger partial charge on any atom is -0.266 e. The maximum Gasteiger partial charge on any atom is 0.285 e. The molecular formula is C14H11Cl2NO2S. The molecule has 0 spiro atoms. The predicted molar refractivity (Wildman–Crippen MR) is 82.0 cm³/mol. The van der Waals surface area contributed by atoms with Crippen molar-refractivity contribution >= 4 is 38.8 Å². The van der Waals surface area contributed by atoms with E-state index in [1.807, 2.05) is 0 Å². The van der Waals surface area contributed by atoms with E-state index in [0.29, 0.717) is 20.5 Å². The first-order chi connectivity index (χ1) is 9.38. The number of halogens is 2. The van der Waals surface area contributed by atoms with Crippen LogP contribution in [0.3, 0.4) is 0 Å². The van der Waals surface area contributed by atoms with Gasteiger partial charge in [-0.2, -0.15) is 4.36 Å². The Morgan fingerprint density at radius 3 is 1.90 bits per heavy atom. The van der Waals surface area contributed by atoms with Crippen molar-refractivity contribution < 1.29 is 9.00 Å². The molecule has 0 radical (unpaired) electrons. The summed E-state index contributed by atoms with van der Waals surface area (Å²) in [6, 6.07) is 12.7. The summed E-state index contributed by atoms with van der Waals surface area (Å²) in [6.45, 7) is 0. The van der Waals surface area contributed by atoms with Gasteiger partial charge in [0.1, 0.15) is 0 Å². The molecule has 20 heavy (non-hydrogen) atoms. The van der Waals surface area contributed by atoms with E-state index in [2.05, 4.69) is 4.36 Å². The largest absolute Gasteiger partial charge is 0.285 e. The van der Waals surface area contributed by atoms with Gasteiger partial charge in [0, 0.05) is 26.8 Å². The number of hydrogen-bond donors (Lipinski definition) is 0. The zero-order valence-corrected chi connectivity index (χ0v) is 12.9. The van der Waals surface area contributed by atoms with Gasteiger partial charge in [0.25, 0.3) is 5.91 Å². The maximum atomic E-state index is 12.5. The number of benzene rings is 2. The molecule has 0 saturated carbocycles. The van der Waals surface area contributed by atoms with E-state index in [1.54, 1.807) is 48.5 Å². The van der Waals surface area contributed by atoms with Crippen LogP contribution in [0.1, 0.15) is 10.4 Å². The average molecular weight is 328 g/mol. The lowest BCUT2D eigenvalue weighted by atomic mass is 10.2. The molecule has 0 bridgehead atoms. The monoisotopic (exact) mass is 327 g/mol. The van der Waals surface area contributed by atoms with Gasteiger partial charge >= 0.3 is 0 Å². The second-order valence-electron chi connectivity index (χ2n) is 4.16. The lowest BCUT2D eigenvalue weighted by Gasteiger charge is -2.04. The maximum absolute atomic E-state index is 12.5. The standard InChI is InChI=1S/C14H11Cl2NO2S/c1-20(19,13-8-6-12(16)7-9-13)17-14(18)10-2-4-11(15)5-3-10/h2-9H,1H3/t20-/m1/s1. The molecular weight excluding hydrogens is 317 g/mol. The lowest BCUT2D eigenvalue weighted by molar-refractivity contribution is 0.100. The summed E-state index contributed by atoms with van der Waals surface area (Å²) in [7, 11) is -2.80. The third-order valence-electron chi connectivity index (χ3n) is 2.60. The SMILES string of the molecule is C[S@](=O)(=NC(=O)c1ccc(Cl)cc1)c1ccc(Cl)cc1. The zero-order chi connectivity index (χ0) is 14.8. The Morgan fingerprint density at radius 1 is 0.950 bits per heavy atom. The molecule has 104 valence electrons. The van der Waals surface area contributed by atoms with Gasteiger partial charge in [0.05, 0.1) is 9.73 Å². The van der Waals surface area contributed by atoms with Crippen molar-refractivity contribution in [2.75, 3.05) is 6.26 Å². The third kappa shape index (κ3) is 3.60. The highest BCUT2D eigenvalue weighted by atomic mass is 35.5. The molecule has 1 amide bonds. The second kappa shape index (κ2) is 5.95. The molecule has 2 aromatic rings. The molecule has 0 N–H and O–H groups in total. The number of hydrogen-bond acceptors (Lipinski definition) is 2. The number of carbonyl (C=O) groups excluding carboxylic acids is 1. The summed E-state index contributed by atoms with van der Waals surface area (Å²) >= 11 is 11.5. The number of rotatable bonds is 2. The van der Waals surface area contributed by atoms with Gasteiger partial charge in [-0.3, -0.25) is 4.79 Å². The van der Waals surface area contributed by atoms with Crippen molar-refractivity contribution in [2.24, 2.45) is 4.36 Å². The molecule has 0 aromatic heterocycles. The predicted octanol–water partition coefficient (Wildman–Crippen LogP) is 4.29. The van der Waals surface area contributed by atoms with E-state index >= 15 is 0 Å². The minimum absolute atomic E-state index is 0.345. The Hall–Kier alpha value is -1.36. The average Bonchev–Trinajstić information content (AvgIpc) is 2.39. The van der Waals surface area contributed by atoms with Crippen LogP contribution in [0.2, 0.25) is 10.0 Å². The Bertz CT molecular complexity index is 746. The van der Waals surface area contributed by atoms with Crippen LogP contribution in [-0.2, 0) is 9.73 Å². The highest BCUT2D eigenvalue weighted by molar-refractivity contribution is 7.93. The molecule has 0 aliphatic carbocycles. The van der Waals surface area contributed by atoms with Gasteiger partial charge in [-0.25, -0.2) is 4.21 Å². The first-order valence-electron chi connectivity index (χ1n) is 5.66. The van der Waals surface area contributed by atoms with Crippen LogP contribution in [0.5, 0.6) is 0 Å². The van der Waals surface area contributed by atoms with Gasteiger partial charge in [-0.05, 0) is 48.5 Å². The molecule has 2 aromatic carbocycles. The summed E-state index contributed by atoms with van der Waals surface area (Å²) in [6.07, 6.45) is 1.42. The molecule has 3 nitrogen and oxygen atoms in total. The normalized spacial score (nSPS) is 13.6. The van der Waals surface area contributed by atoms with Crippen molar-refractivity contribution in [3.63, 3.8) is 0 Å². The van der Waals surface area contributed by atoms with E-state index in [0.717, 1.165) is 0 Å². The summed E-state index contributed by atoms with van der Waals surface area (Å²) in [5.74, 6) is -0.538. The molecule has 2 rings (SSSR count). The molecule has 0 aliphatic rings. The first-order valence-corrected chi connectivity index (χ1v) is 8.34. The van der Waals surface area contributed by atoms with Crippen LogP contribution in [0.25, 0.3) is 0 Å².